The summed E-state index contributed by atoms with van der Waals surface area (Å²) in [5.74, 6) is -0.297. The van der Waals surface area contributed by atoms with Gasteiger partial charge in [-0.15, -0.1) is 0 Å². The van der Waals surface area contributed by atoms with E-state index in [4.69, 9.17) is 14.7 Å². The van der Waals surface area contributed by atoms with E-state index in [1.165, 1.54) is 0 Å². The van der Waals surface area contributed by atoms with Crippen molar-refractivity contribution in [3.05, 3.63) is 77.9 Å². The Morgan fingerprint density at radius 3 is 2.43 bits per heavy atom. The van der Waals surface area contributed by atoms with Crippen molar-refractivity contribution in [2.75, 3.05) is 19.8 Å². The number of fused-ring (bicyclic) bond motifs is 1. The molecule has 1 amide bonds. The van der Waals surface area contributed by atoms with Gasteiger partial charge in [-0.2, -0.15) is 5.26 Å². The minimum Gasteiger partial charge on any atom is -0.490 e. The summed E-state index contributed by atoms with van der Waals surface area (Å²) >= 11 is 0. The Morgan fingerprint density at radius 1 is 0.929 bits per heavy atom. The molecule has 0 saturated carbocycles. The number of amides is 1. The van der Waals surface area contributed by atoms with Gasteiger partial charge in [-0.3, -0.25) is 9.59 Å². The maximum Gasteiger partial charge on any atom is 0.325 e. The van der Waals surface area contributed by atoms with E-state index in [9.17, 15) is 9.59 Å². The lowest BCUT2D eigenvalue weighted by molar-refractivity contribution is -0.143. The summed E-state index contributed by atoms with van der Waals surface area (Å²) in [6, 6.07) is 21.7. The van der Waals surface area contributed by atoms with Crippen LogP contribution in [0.4, 0.5) is 0 Å². The van der Waals surface area contributed by atoms with Crippen molar-refractivity contribution < 1.29 is 19.1 Å². The Kier molecular flexibility index (Phi) is 6.21. The van der Waals surface area contributed by atoms with Crippen LogP contribution in [0, 0.1) is 11.3 Å². The summed E-state index contributed by atoms with van der Waals surface area (Å²) in [6.07, 6.45) is 0. The highest BCUT2D eigenvalue weighted by atomic mass is 16.6. The van der Waals surface area contributed by atoms with Crippen LogP contribution in [0.2, 0.25) is 0 Å². The first-order valence-corrected chi connectivity index (χ1v) is 8.71. The van der Waals surface area contributed by atoms with Crippen LogP contribution < -0.4 is 10.1 Å². The van der Waals surface area contributed by atoms with Gasteiger partial charge in [0, 0.05) is 5.56 Å². The molecule has 0 atom stereocenters. The fourth-order valence-electron chi connectivity index (χ4n) is 2.58. The average Bonchev–Trinajstić information content (AvgIpc) is 2.75. The normalized spacial score (nSPS) is 10.1. The second-order valence-electron chi connectivity index (χ2n) is 5.95. The summed E-state index contributed by atoms with van der Waals surface area (Å²) < 4.78 is 10.5. The number of rotatable bonds is 7. The first-order valence-electron chi connectivity index (χ1n) is 8.71. The highest BCUT2D eigenvalue weighted by Gasteiger charge is 2.09. The van der Waals surface area contributed by atoms with Gasteiger partial charge in [0.25, 0.3) is 5.91 Å². The molecule has 0 heterocycles. The molecule has 0 spiro atoms. The Morgan fingerprint density at radius 2 is 1.68 bits per heavy atom. The van der Waals surface area contributed by atoms with E-state index < -0.39 is 5.97 Å². The van der Waals surface area contributed by atoms with Crippen molar-refractivity contribution >= 4 is 22.6 Å². The number of benzene rings is 3. The summed E-state index contributed by atoms with van der Waals surface area (Å²) in [5.41, 5.74) is 1.02. The molecule has 6 heteroatoms. The molecule has 0 aliphatic carbocycles. The highest BCUT2D eigenvalue weighted by molar-refractivity contribution is 5.99. The van der Waals surface area contributed by atoms with Crippen LogP contribution in [0.3, 0.4) is 0 Å². The number of esters is 1. The predicted octanol–water partition coefficient (Wildman–Crippen LogP) is 3.06. The zero-order chi connectivity index (χ0) is 19.8. The molecule has 6 nitrogen and oxygen atoms in total. The quantitative estimate of drug-likeness (QED) is 0.507. The van der Waals surface area contributed by atoms with Crippen molar-refractivity contribution in [3.8, 4) is 11.8 Å². The Balaban J connectivity index is 1.39. The Labute approximate surface area is 162 Å². The fraction of sp³-hybridized carbons (Fsp3) is 0.136. The first kappa shape index (κ1) is 18.9. The van der Waals surface area contributed by atoms with Gasteiger partial charge in [0.15, 0.2) is 0 Å². The predicted molar refractivity (Wildman–Crippen MR) is 104 cm³/mol. The van der Waals surface area contributed by atoms with Crippen molar-refractivity contribution in [1.29, 1.82) is 5.26 Å². The van der Waals surface area contributed by atoms with Gasteiger partial charge in [0.2, 0.25) is 0 Å². The van der Waals surface area contributed by atoms with Gasteiger partial charge >= 0.3 is 5.97 Å². The summed E-state index contributed by atoms with van der Waals surface area (Å²) in [4.78, 5) is 24.0. The summed E-state index contributed by atoms with van der Waals surface area (Å²) in [7, 11) is 0. The van der Waals surface area contributed by atoms with Gasteiger partial charge in [0.1, 0.15) is 25.5 Å². The molecule has 0 unspecified atom stereocenters. The van der Waals surface area contributed by atoms with E-state index >= 15 is 0 Å². The van der Waals surface area contributed by atoms with Crippen molar-refractivity contribution in [1.82, 2.24) is 5.32 Å². The molecule has 0 fully saturated rings. The number of nitrogens with one attached hydrogen (secondary N) is 1. The maximum absolute atomic E-state index is 12.2. The second-order valence-corrected chi connectivity index (χ2v) is 5.95. The van der Waals surface area contributed by atoms with Crippen molar-refractivity contribution in [3.63, 3.8) is 0 Å². The number of carbonyl (C=O) groups excluding carboxylic acids is 2. The number of nitrogens with zero attached hydrogens (tertiary/aromatic N) is 1. The minimum atomic E-state index is -0.544. The number of hydrogen-bond donors (Lipinski definition) is 1. The smallest absolute Gasteiger partial charge is 0.325 e. The van der Waals surface area contributed by atoms with Crippen LogP contribution in [-0.4, -0.2) is 31.6 Å². The monoisotopic (exact) mass is 374 g/mol. The van der Waals surface area contributed by atoms with Crippen LogP contribution in [0.5, 0.6) is 5.75 Å². The molecule has 3 aromatic carbocycles. The van der Waals surface area contributed by atoms with E-state index in [0.29, 0.717) is 16.9 Å². The molecule has 0 aromatic heterocycles. The molecule has 140 valence electrons. The number of nitriles is 1. The molecular weight excluding hydrogens is 356 g/mol. The zero-order valence-electron chi connectivity index (χ0n) is 15.1. The molecule has 1 N–H and O–H groups in total. The Bertz CT molecular complexity index is 1020. The molecule has 0 bridgehead atoms. The van der Waals surface area contributed by atoms with Crippen LogP contribution in [0.15, 0.2) is 66.7 Å². The van der Waals surface area contributed by atoms with E-state index in [0.717, 1.165) is 10.8 Å². The first-order chi connectivity index (χ1) is 13.7. The van der Waals surface area contributed by atoms with Crippen LogP contribution in [0.25, 0.3) is 10.8 Å². The van der Waals surface area contributed by atoms with Gasteiger partial charge in [-0.1, -0.05) is 30.3 Å². The third-order valence-electron chi connectivity index (χ3n) is 4.00. The largest absolute Gasteiger partial charge is 0.490 e. The van der Waals surface area contributed by atoms with Gasteiger partial charge in [0.05, 0.1) is 11.6 Å². The van der Waals surface area contributed by atoms with Crippen LogP contribution >= 0.6 is 0 Å². The van der Waals surface area contributed by atoms with E-state index in [1.807, 2.05) is 36.4 Å². The molecule has 0 aliphatic heterocycles. The lowest BCUT2D eigenvalue weighted by Gasteiger charge is -2.08. The number of ether oxygens (including phenoxy) is 2. The van der Waals surface area contributed by atoms with Gasteiger partial charge in [-0.25, -0.2) is 0 Å². The number of carbonyl (C=O) groups is 2. The SMILES string of the molecule is N#Cc1ccc(OCCOC(=O)CNC(=O)c2ccc3ccccc3c2)cc1. The lowest BCUT2D eigenvalue weighted by Crippen LogP contribution is -2.31. The standard InChI is InChI=1S/C22H18N2O4/c23-14-16-5-9-20(10-6-16)27-11-12-28-21(25)15-24-22(26)19-8-7-17-3-1-2-4-18(17)13-19/h1-10,13H,11-12,15H2,(H,24,26). The zero-order valence-corrected chi connectivity index (χ0v) is 15.1. The van der Waals surface area contributed by atoms with Crippen molar-refractivity contribution in [2.45, 2.75) is 0 Å². The highest BCUT2D eigenvalue weighted by Crippen LogP contribution is 2.15. The van der Waals surface area contributed by atoms with E-state index in [2.05, 4.69) is 5.32 Å². The summed E-state index contributed by atoms with van der Waals surface area (Å²) in [5, 5.41) is 13.3. The molecule has 28 heavy (non-hydrogen) atoms. The minimum absolute atomic E-state index is 0.0602. The molecular formula is C22H18N2O4. The molecule has 0 saturated heterocycles. The average molecular weight is 374 g/mol. The van der Waals surface area contributed by atoms with Gasteiger partial charge in [-0.05, 0) is 47.2 Å². The number of hydrogen-bond acceptors (Lipinski definition) is 5. The molecule has 0 radical (unpaired) electrons. The molecule has 0 aliphatic rings. The molecule has 3 aromatic rings. The third kappa shape index (κ3) is 5.08. The third-order valence-corrected chi connectivity index (χ3v) is 4.00. The second kappa shape index (κ2) is 9.19. The lowest BCUT2D eigenvalue weighted by atomic mass is 10.1. The van der Waals surface area contributed by atoms with Crippen LogP contribution in [-0.2, 0) is 9.53 Å². The summed E-state index contributed by atoms with van der Waals surface area (Å²) in [6.45, 7) is 0.0173. The van der Waals surface area contributed by atoms with Crippen molar-refractivity contribution in [2.24, 2.45) is 0 Å². The van der Waals surface area contributed by atoms with Gasteiger partial charge < -0.3 is 14.8 Å². The van der Waals surface area contributed by atoms with E-state index in [-0.39, 0.29) is 25.7 Å². The van der Waals surface area contributed by atoms with E-state index in [1.54, 1.807) is 36.4 Å². The molecule has 3 rings (SSSR count). The van der Waals surface area contributed by atoms with Crippen LogP contribution in [0.1, 0.15) is 15.9 Å². The topological polar surface area (TPSA) is 88.4 Å². The Hall–Kier alpha value is -3.85. The maximum atomic E-state index is 12.2. The fourth-order valence-corrected chi connectivity index (χ4v) is 2.58.